The minimum absolute atomic E-state index is 0.305. The van der Waals surface area contributed by atoms with Crippen molar-refractivity contribution in [3.8, 4) is 0 Å². The smallest absolute Gasteiger partial charge is 0.370 e. The highest BCUT2D eigenvalue weighted by Gasteiger charge is 2.45. The average molecular weight is 371 g/mol. The van der Waals surface area contributed by atoms with Gasteiger partial charge in [-0.3, -0.25) is 4.79 Å². The number of carbonyl (C=O) groups is 2. The standard InChI is InChI=1S/C15H25N5O6/c1-6(21)19-11-8(20-15(16)17)4-10(14(24)25)26-13(11)12(23)7-5-18-3-2-9(7)22/h4,7-9,11-13,18,22-23H,2-3,5H2,1H3,(H,19,21)(H,24,25)(H4,16,17,20)/t7?,8-,9?,11+,12?,13+/m0/s1. The van der Waals surface area contributed by atoms with Gasteiger partial charge in [-0.05, 0) is 19.0 Å². The van der Waals surface area contributed by atoms with Crippen LogP contribution in [-0.4, -0.2) is 76.6 Å². The molecule has 11 nitrogen and oxygen atoms in total. The van der Waals surface area contributed by atoms with Gasteiger partial charge >= 0.3 is 5.97 Å². The molecular formula is C15H25N5O6. The van der Waals surface area contributed by atoms with E-state index in [1.54, 1.807) is 0 Å². The summed E-state index contributed by atoms with van der Waals surface area (Å²) in [5, 5.41) is 35.9. The molecule has 1 saturated heterocycles. The lowest BCUT2D eigenvalue weighted by atomic mass is 9.83. The lowest BCUT2D eigenvalue weighted by Gasteiger charge is -2.42. The number of ether oxygens (including phenoxy) is 1. The molecule has 26 heavy (non-hydrogen) atoms. The predicted octanol–water partition coefficient (Wildman–Crippen LogP) is -3.17. The van der Waals surface area contributed by atoms with Gasteiger partial charge in [0, 0.05) is 19.4 Å². The van der Waals surface area contributed by atoms with Crippen LogP contribution in [0.4, 0.5) is 0 Å². The van der Waals surface area contributed by atoms with Crippen molar-refractivity contribution < 1.29 is 29.6 Å². The first-order valence-corrected chi connectivity index (χ1v) is 8.25. The van der Waals surface area contributed by atoms with Crippen LogP contribution in [0.5, 0.6) is 0 Å². The topological polar surface area (TPSA) is 193 Å². The number of carboxylic acids is 1. The number of hydrogen-bond acceptors (Lipinski definition) is 7. The first-order valence-electron chi connectivity index (χ1n) is 8.25. The van der Waals surface area contributed by atoms with E-state index in [0.29, 0.717) is 19.5 Å². The number of piperidine rings is 1. The first-order chi connectivity index (χ1) is 12.2. The maximum Gasteiger partial charge on any atom is 0.370 e. The molecule has 11 heteroatoms. The van der Waals surface area contributed by atoms with Crippen LogP contribution < -0.4 is 22.1 Å². The van der Waals surface area contributed by atoms with Crippen LogP contribution in [-0.2, 0) is 14.3 Å². The molecule has 1 amide bonds. The van der Waals surface area contributed by atoms with Gasteiger partial charge in [0.2, 0.25) is 11.7 Å². The number of aliphatic hydroxyl groups excluding tert-OH is 2. The van der Waals surface area contributed by atoms with E-state index in [4.69, 9.17) is 16.2 Å². The van der Waals surface area contributed by atoms with Gasteiger partial charge in [0.05, 0.1) is 24.3 Å². The molecule has 146 valence electrons. The molecule has 1 fully saturated rings. The highest BCUT2D eigenvalue weighted by Crippen LogP contribution is 2.28. The number of carbonyl (C=O) groups excluding carboxylic acids is 1. The van der Waals surface area contributed by atoms with Gasteiger partial charge in [-0.15, -0.1) is 0 Å². The summed E-state index contributed by atoms with van der Waals surface area (Å²) in [5.74, 6) is -3.15. The van der Waals surface area contributed by atoms with Crippen molar-refractivity contribution in [2.45, 2.75) is 43.7 Å². The minimum atomic E-state index is -1.36. The highest BCUT2D eigenvalue weighted by atomic mass is 16.5. The number of hydrogen-bond donors (Lipinski definition) is 7. The van der Waals surface area contributed by atoms with E-state index in [2.05, 4.69) is 15.6 Å². The Labute approximate surface area is 150 Å². The number of rotatable bonds is 5. The van der Waals surface area contributed by atoms with Gasteiger partial charge in [0.1, 0.15) is 6.10 Å². The molecule has 2 rings (SSSR count). The highest BCUT2D eigenvalue weighted by molar-refractivity contribution is 5.85. The Morgan fingerprint density at radius 2 is 2.15 bits per heavy atom. The fourth-order valence-corrected chi connectivity index (χ4v) is 3.27. The number of nitrogens with zero attached hydrogens (tertiary/aromatic N) is 1. The Hall–Kier alpha value is -2.37. The number of amides is 1. The fraction of sp³-hybridized carbons (Fsp3) is 0.667. The monoisotopic (exact) mass is 371 g/mol. The van der Waals surface area contributed by atoms with Crippen LogP contribution in [0, 0.1) is 5.92 Å². The Morgan fingerprint density at radius 3 is 2.69 bits per heavy atom. The fourth-order valence-electron chi connectivity index (χ4n) is 3.27. The molecule has 0 spiro atoms. The number of aliphatic imine (C=N–C) groups is 1. The lowest BCUT2D eigenvalue weighted by Crippen LogP contribution is -2.61. The van der Waals surface area contributed by atoms with Gasteiger partial charge in [0.15, 0.2) is 5.96 Å². The molecule has 0 aliphatic carbocycles. The van der Waals surface area contributed by atoms with Crippen molar-refractivity contribution in [2.75, 3.05) is 13.1 Å². The van der Waals surface area contributed by atoms with Crippen molar-refractivity contribution in [2.24, 2.45) is 22.4 Å². The summed E-state index contributed by atoms with van der Waals surface area (Å²) in [4.78, 5) is 26.9. The molecule has 2 heterocycles. The van der Waals surface area contributed by atoms with E-state index < -0.39 is 53.9 Å². The molecule has 2 aliphatic heterocycles. The van der Waals surface area contributed by atoms with Gasteiger partial charge in [-0.1, -0.05) is 0 Å². The van der Waals surface area contributed by atoms with E-state index in [9.17, 15) is 24.9 Å². The van der Waals surface area contributed by atoms with E-state index in [0.717, 1.165) is 0 Å². The maximum absolute atomic E-state index is 11.6. The zero-order valence-corrected chi connectivity index (χ0v) is 14.3. The van der Waals surface area contributed by atoms with E-state index >= 15 is 0 Å². The van der Waals surface area contributed by atoms with Crippen LogP contribution >= 0.6 is 0 Å². The molecule has 0 radical (unpaired) electrons. The second-order valence-electron chi connectivity index (χ2n) is 6.40. The number of aliphatic carboxylic acids is 1. The lowest BCUT2D eigenvalue weighted by molar-refractivity contribution is -0.144. The van der Waals surface area contributed by atoms with Crippen molar-refractivity contribution in [1.29, 1.82) is 0 Å². The summed E-state index contributed by atoms with van der Waals surface area (Å²) in [6.07, 6.45) is -1.63. The second kappa shape index (κ2) is 8.34. The third-order valence-electron chi connectivity index (χ3n) is 4.45. The summed E-state index contributed by atoms with van der Waals surface area (Å²) >= 11 is 0. The SMILES string of the molecule is CC(=O)N[C@@H]1[C@@H](N=C(N)N)C=C(C(=O)O)O[C@H]1C(O)C1CNCCC1O. The quantitative estimate of drug-likeness (QED) is 0.193. The largest absolute Gasteiger partial charge is 0.478 e. The second-order valence-corrected chi connectivity index (χ2v) is 6.40. The summed E-state index contributed by atoms with van der Waals surface area (Å²) in [6, 6.07) is -1.86. The Balaban J connectivity index is 2.38. The molecule has 2 aliphatic rings. The molecule has 0 aromatic carbocycles. The van der Waals surface area contributed by atoms with Gasteiger partial charge in [0.25, 0.3) is 0 Å². The molecule has 9 N–H and O–H groups in total. The summed E-state index contributed by atoms with van der Waals surface area (Å²) < 4.78 is 5.44. The number of nitrogens with two attached hydrogens (primary N) is 2. The first kappa shape index (κ1) is 19.9. The molecule has 6 atom stereocenters. The molecule has 0 saturated carbocycles. The summed E-state index contributed by atoms with van der Waals surface area (Å²) in [7, 11) is 0. The van der Waals surface area contributed by atoms with Crippen LogP contribution in [0.2, 0.25) is 0 Å². The van der Waals surface area contributed by atoms with E-state index in [1.807, 2.05) is 0 Å². The normalized spacial score (nSPS) is 32.6. The maximum atomic E-state index is 11.6. The summed E-state index contributed by atoms with van der Waals surface area (Å²) in [5.41, 5.74) is 10.8. The Morgan fingerprint density at radius 1 is 1.46 bits per heavy atom. The van der Waals surface area contributed by atoms with Crippen LogP contribution in [0.1, 0.15) is 13.3 Å². The molecular weight excluding hydrogens is 346 g/mol. The van der Waals surface area contributed by atoms with Crippen LogP contribution in [0.3, 0.4) is 0 Å². The third-order valence-corrected chi connectivity index (χ3v) is 4.45. The average Bonchev–Trinajstić information content (AvgIpc) is 2.55. The van der Waals surface area contributed by atoms with E-state index in [1.165, 1.54) is 13.0 Å². The van der Waals surface area contributed by atoms with Crippen molar-refractivity contribution in [3.63, 3.8) is 0 Å². The summed E-state index contributed by atoms with van der Waals surface area (Å²) in [6.45, 7) is 2.18. The number of nitrogens with one attached hydrogen (secondary N) is 2. The third kappa shape index (κ3) is 4.62. The zero-order valence-electron chi connectivity index (χ0n) is 14.3. The van der Waals surface area contributed by atoms with Gasteiger partial charge < -0.3 is 42.2 Å². The molecule has 0 aromatic rings. The van der Waals surface area contributed by atoms with Crippen molar-refractivity contribution in [1.82, 2.24) is 10.6 Å². The van der Waals surface area contributed by atoms with Crippen molar-refractivity contribution in [3.05, 3.63) is 11.8 Å². The molecule has 3 unspecified atom stereocenters. The number of carboxylic acid groups (broad SMARTS) is 1. The number of guanidine groups is 1. The Bertz CT molecular complexity index is 605. The van der Waals surface area contributed by atoms with Crippen molar-refractivity contribution >= 4 is 17.8 Å². The van der Waals surface area contributed by atoms with Gasteiger partial charge in [-0.25, -0.2) is 9.79 Å². The predicted molar refractivity (Wildman–Crippen MR) is 90.8 cm³/mol. The zero-order chi connectivity index (χ0) is 19.4. The van der Waals surface area contributed by atoms with Crippen LogP contribution in [0.25, 0.3) is 0 Å². The van der Waals surface area contributed by atoms with Gasteiger partial charge in [-0.2, -0.15) is 0 Å². The molecule has 0 aromatic heterocycles. The minimum Gasteiger partial charge on any atom is -0.478 e. The number of aliphatic hydroxyl groups is 2. The molecule has 0 bridgehead atoms. The van der Waals surface area contributed by atoms with Crippen LogP contribution in [0.15, 0.2) is 16.8 Å². The van der Waals surface area contributed by atoms with E-state index in [-0.39, 0.29) is 5.96 Å². The Kier molecular flexibility index (Phi) is 6.40.